The number of hydrogen-bond donors (Lipinski definition) is 4. The van der Waals surface area contributed by atoms with Crippen molar-refractivity contribution in [2.45, 2.75) is 43.9 Å². The van der Waals surface area contributed by atoms with Crippen LogP contribution in [-0.2, 0) is 9.53 Å². The molecule has 0 bridgehead atoms. The lowest BCUT2D eigenvalue weighted by atomic mass is 9.93. The fourth-order valence-corrected chi connectivity index (χ4v) is 1.63. The summed E-state index contributed by atoms with van der Waals surface area (Å²) in [6.45, 7) is 0.862. The quantitative estimate of drug-likeness (QED) is 0.430. The van der Waals surface area contributed by atoms with E-state index in [4.69, 9.17) is 9.84 Å². The van der Waals surface area contributed by atoms with Crippen LogP contribution >= 0.6 is 0 Å². The van der Waals surface area contributed by atoms with Crippen LogP contribution in [-0.4, -0.2) is 63.3 Å². The Bertz CT molecular complexity index is 229. The number of hydrogen-bond acceptors (Lipinski definition) is 6. The summed E-state index contributed by atoms with van der Waals surface area (Å²) in [6, 6.07) is 0. The van der Waals surface area contributed by atoms with E-state index < -0.39 is 37.1 Å². The van der Waals surface area contributed by atoms with Gasteiger partial charge < -0.3 is 25.2 Å². The number of ketones is 1. The third-order valence-electron chi connectivity index (χ3n) is 2.48. The van der Waals surface area contributed by atoms with Crippen LogP contribution < -0.4 is 0 Å². The van der Waals surface area contributed by atoms with E-state index in [1.165, 1.54) is 6.92 Å². The molecule has 1 saturated heterocycles. The van der Waals surface area contributed by atoms with E-state index in [1.807, 2.05) is 0 Å². The van der Waals surface area contributed by atoms with Gasteiger partial charge >= 0.3 is 0 Å². The average Bonchev–Trinajstić information content (AvgIpc) is 2.18. The van der Waals surface area contributed by atoms with Gasteiger partial charge in [-0.2, -0.15) is 0 Å². The standard InChI is InChI=1S/C9H16O6/c1-4(11)2-5-7(12)9(14)8(13)6(3-10)15-5/h5-10,12-14H,2-3H2,1H3/t5-,6+,7?,8?,9+/m0/s1. The van der Waals surface area contributed by atoms with Crippen LogP contribution in [0.3, 0.4) is 0 Å². The number of rotatable bonds is 3. The predicted octanol–water partition coefficient (Wildman–Crippen LogP) is -2.19. The zero-order valence-electron chi connectivity index (χ0n) is 8.41. The molecule has 0 amide bonds. The second-order valence-corrected chi connectivity index (χ2v) is 3.77. The Balaban J connectivity index is 2.69. The first-order valence-corrected chi connectivity index (χ1v) is 4.77. The Morgan fingerprint density at radius 1 is 1.13 bits per heavy atom. The Hall–Kier alpha value is -0.530. The molecule has 4 N–H and O–H groups in total. The van der Waals surface area contributed by atoms with Gasteiger partial charge in [-0.05, 0) is 6.92 Å². The third kappa shape index (κ3) is 2.73. The second kappa shape index (κ2) is 5.00. The van der Waals surface area contributed by atoms with Crippen molar-refractivity contribution in [3.05, 3.63) is 0 Å². The van der Waals surface area contributed by atoms with Crippen LogP contribution in [0.2, 0.25) is 0 Å². The van der Waals surface area contributed by atoms with Crippen LogP contribution in [0.15, 0.2) is 0 Å². The molecular weight excluding hydrogens is 204 g/mol. The molecule has 88 valence electrons. The minimum absolute atomic E-state index is 0.0541. The maximum Gasteiger partial charge on any atom is 0.132 e. The molecule has 1 rings (SSSR count). The van der Waals surface area contributed by atoms with Crippen molar-refractivity contribution in [2.24, 2.45) is 0 Å². The molecule has 0 saturated carbocycles. The molecule has 1 heterocycles. The molecule has 6 heteroatoms. The lowest BCUT2D eigenvalue weighted by molar-refractivity contribution is -0.229. The molecule has 2 unspecified atom stereocenters. The minimum Gasteiger partial charge on any atom is -0.394 e. The Morgan fingerprint density at radius 2 is 1.67 bits per heavy atom. The Kier molecular flexibility index (Phi) is 4.18. The van der Waals surface area contributed by atoms with Gasteiger partial charge in [0.25, 0.3) is 0 Å². The topological polar surface area (TPSA) is 107 Å². The molecule has 0 spiro atoms. The third-order valence-corrected chi connectivity index (χ3v) is 2.48. The summed E-state index contributed by atoms with van der Waals surface area (Å²) in [4.78, 5) is 10.8. The molecule has 1 aliphatic rings. The van der Waals surface area contributed by atoms with E-state index in [2.05, 4.69) is 0 Å². The van der Waals surface area contributed by atoms with E-state index in [0.717, 1.165) is 0 Å². The van der Waals surface area contributed by atoms with Gasteiger partial charge in [0.15, 0.2) is 0 Å². The second-order valence-electron chi connectivity index (χ2n) is 3.77. The molecular formula is C9H16O6. The smallest absolute Gasteiger partial charge is 0.132 e. The molecule has 1 aliphatic heterocycles. The largest absolute Gasteiger partial charge is 0.394 e. The molecule has 0 radical (unpaired) electrons. The van der Waals surface area contributed by atoms with Crippen molar-refractivity contribution in [1.82, 2.24) is 0 Å². The maximum atomic E-state index is 10.8. The van der Waals surface area contributed by atoms with Crippen molar-refractivity contribution >= 4 is 5.78 Å². The van der Waals surface area contributed by atoms with Gasteiger partial charge in [0.05, 0.1) is 12.7 Å². The Labute approximate surface area is 87.1 Å². The van der Waals surface area contributed by atoms with E-state index in [1.54, 1.807) is 0 Å². The number of carbonyl (C=O) groups is 1. The summed E-state index contributed by atoms with van der Waals surface area (Å²) in [5.74, 6) is -0.195. The lowest BCUT2D eigenvalue weighted by Gasteiger charge is -2.39. The summed E-state index contributed by atoms with van der Waals surface area (Å²) >= 11 is 0. The van der Waals surface area contributed by atoms with Crippen molar-refractivity contribution in [3.63, 3.8) is 0 Å². The first-order chi connectivity index (χ1) is 6.97. The minimum atomic E-state index is -1.40. The van der Waals surface area contributed by atoms with Crippen molar-refractivity contribution < 1.29 is 30.0 Å². The summed E-state index contributed by atoms with van der Waals surface area (Å²) in [5.41, 5.74) is 0. The fraction of sp³-hybridized carbons (Fsp3) is 0.889. The molecule has 0 aromatic rings. The lowest BCUT2D eigenvalue weighted by Crippen LogP contribution is -2.58. The summed E-state index contributed by atoms with van der Waals surface area (Å²) in [7, 11) is 0. The van der Waals surface area contributed by atoms with E-state index in [0.29, 0.717) is 0 Å². The SMILES string of the molecule is CC(=O)C[C@@H]1O[C@H](CO)C(O)[C@H](O)C1O. The van der Waals surface area contributed by atoms with Gasteiger partial charge in [-0.15, -0.1) is 0 Å². The average molecular weight is 220 g/mol. The van der Waals surface area contributed by atoms with Crippen LogP contribution in [0.4, 0.5) is 0 Å². The van der Waals surface area contributed by atoms with Crippen LogP contribution in [0.25, 0.3) is 0 Å². The zero-order valence-corrected chi connectivity index (χ0v) is 8.41. The van der Waals surface area contributed by atoms with E-state index in [9.17, 15) is 20.1 Å². The monoisotopic (exact) mass is 220 g/mol. The molecule has 5 atom stereocenters. The molecule has 0 aromatic heterocycles. The molecule has 1 fully saturated rings. The van der Waals surface area contributed by atoms with Gasteiger partial charge in [-0.3, -0.25) is 4.79 Å². The van der Waals surface area contributed by atoms with Crippen LogP contribution in [0, 0.1) is 0 Å². The maximum absolute atomic E-state index is 10.8. The van der Waals surface area contributed by atoms with Crippen molar-refractivity contribution in [3.8, 4) is 0 Å². The highest BCUT2D eigenvalue weighted by Gasteiger charge is 2.43. The van der Waals surface area contributed by atoms with Crippen LogP contribution in [0.1, 0.15) is 13.3 Å². The number of carbonyl (C=O) groups excluding carboxylic acids is 1. The highest BCUT2D eigenvalue weighted by atomic mass is 16.5. The number of ether oxygens (including phenoxy) is 1. The molecule has 0 aromatic carbocycles. The summed E-state index contributed by atoms with van der Waals surface area (Å²) in [6.07, 6.45) is -5.95. The number of aliphatic hydroxyl groups excluding tert-OH is 4. The molecule has 15 heavy (non-hydrogen) atoms. The highest BCUT2D eigenvalue weighted by molar-refractivity contribution is 5.76. The van der Waals surface area contributed by atoms with E-state index in [-0.39, 0.29) is 12.2 Å². The first kappa shape index (κ1) is 12.5. The summed E-state index contributed by atoms with van der Waals surface area (Å²) in [5, 5.41) is 37.2. The van der Waals surface area contributed by atoms with Gasteiger partial charge in [-0.25, -0.2) is 0 Å². The highest BCUT2D eigenvalue weighted by Crippen LogP contribution is 2.23. The number of aliphatic hydroxyl groups is 4. The summed E-state index contributed by atoms with van der Waals surface area (Å²) < 4.78 is 5.11. The van der Waals surface area contributed by atoms with Crippen molar-refractivity contribution in [2.75, 3.05) is 6.61 Å². The van der Waals surface area contributed by atoms with Gasteiger partial charge in [-0.1, -0.05) is 0 Å². The zero-order chi connectivity index (χ0) is 11.6. The van der Waals surface area contributed by atoms with E-state index >= 15 is 0 Å². The number of Topliss-reactive ketones (excluding diaryl/α,β-unsaturated/α-hetero) is 1. The van der Waals surface area contributed by atoms with Gasteiger partial charge in [0.2, 0.25) is 0 Å². The fourth-order valence-electron chi connectivity index (χ4n) is 1.63. The van der Waals surface area contributed by atoms with Gasteiger partial charge in [0, 0.05) is 6.42 Å². The Morgan fingerprint density at radius 3 is 2.13 bits per heavy atom. The van der Waals surface area contributed by atoms with Gasteiger partial charge in [0.1, 0.15) is 30.2 Å². The van der Waals surface area contributed by atoms with Crippen molar-refractivity contribution in [1.29, 1.82) is 0 Å². The predicted molar refractivity (Wildman–Crippen MR) is 49.1 cm³/mol. The molecule has 0 aliphatic carbocycles. The first-order valence-electron chi connectivity index (χ1n) is 4.77. The van der Waals surface area contributed by atoms with Crippen LogP contribution in [0.5, 0.6) is 0 Å². The normalized spacial score (nSPS) is 41.5. The molecule has 6 nitrogen and oxygen atoms in total.